The van der Waals surface area contributed by atoms with Crippen molar-refractivity contribution >= 4 is 17.1 Å². The fourth-order valence-electron chi connectivity index (χ4n) is 0.558. The van der Waals surface area contributed by atoms with Gasteiger partial charge in [0.25, 0.3) is 0 Å². The molecule has 0 aliphatic heterocycles. The first-order valence-electron chi connectivity index (χ1n) is 2.46. The van der Waals surface area contributed by atoms with Gasteiger partial charge in [0.2, 0.25) is 0 Å². The van der Waals surface area contributed by atoms with E-state index in [4.69, 9.17) is 18.0 Å². The third-order valence-corrected chi connectivity index (χ3v) is 1.44. The average molecular weight is 125 g/mol. The van der Waals surface area contributed by atoms with Crippen molar-refractivity contribution in [2.24, 2.45) is 5.73 Å². The first-order valence-corrected chi connectivity index (χ1v) is 2.87. The Hall–Kier alpha value is -0.630. The predicted molar refractivity (Wildman–Crippen MR) is 38.6 cm³/mol. The molecule has 1 nitrogen and oxygen atoms in total. The summed E-state index contributed by atoms with van der Waals surface area (Å²) < 4.78 is 0. The summed E-state index contributed by atoms with van der Waals surface area (Å²) in [5, 5.41) is 0. The van der Waals surface area contributed by atoms with Crippen molar-refractivity contribution in [2.75, 3.05) is 0 Å². The smallest absolute Gasteiger partial charge is 0.0458 e. The van der Waals surface area contributed by atoms with E-state index in [0.29, 0.717) is 0 Å². The molecule has 0 unspecified atom stereocenters. The van der Waals surface area contributed by atoms with E-state index in [9.17, 15) is 0 Å². The highest BCUT2D eigenvalue weighted by atomic mass is 32.1. The number of hydrogen-bond acceptors (Lipinski definition) is 2. The van der Waals surface area contributed by atoms with Gasteiger partial charge in [-0.2, -0.15) is 0 Å². The lowest BCUT2D eigenvalue weighted by atomic mass is 10.1. The molecule has 8 heavy (non-hydrogen) atoms. The number of hydrogen-bond donors (Lipinski definition) is 1. The summed E-state index contributed by atoms with van der Waals surface area (Å²) in [5.74, 6) is 0. The Morgan fingerprint density at radius 1 is 1.62 bits per heavy atom. The van der Waals surface area contributed by atoms with Crippen LogP contribution in [0.5, 0.6) is 0 Å². The molecule has 0 saturated carbocycles. The van der Waals surface area contributed by atoms with Gasteiger partial charge < -0.3 is 5.73 Å². The molecule has 2 N–H and O–H groups in total. The van der Waals surface area contributed by atoms with Gasteiger partial charge in [-0.3, -0.25) is 0 Å². The van der Waals surface area contributed by atoms with Crippen molar-refractivity contribution in [1.82, 2.24) is 0 Å². The van der Waals surface area contributed by atoms with Gasteiger partial charge in [-0.1, -0.05) is 24.4 Å². The van der Waals surface area contributed by atoms with Gasteiger partial charge in [0.15, 0.2) is 0 Å². The van der Waals surface area contributed by atoms with Crippen LogP contribution in [-0.2, 0) is 0 Å². The van der Waals surface area contributed by atoms with E-state index in [-0.39, 0.29) is 0 Å². The Kier molecular flexibility index (Phi) is 1.44. The predicted octanol–water partition coefficient (Wildman–Crippen LogP) is 1.16. The van der Waals surface area contributed by atoms with E-state index in [2.05, 4.69) is 0 Å². The van der Waals surface area contributed by atoms with Crippen molar-refractivity contribution in [2.45, 2.75) is 6.42 Å². The largest absolute Gasteiger partial charge is 0.398 e. The third kappa shape index (κ3) is 0.954. The van der Waals surface area contributed by atoms with Crippen LogP contribution in [0.15, 0.2) is 23.9 Å². The van der Waals surface area contributed by atoms with Crippen LogP contribution in [0, 0.1) is 0 Å². The Morgan fingerprint density at radius 3 is 2.75 bits per heavy atom. The van der Waals surface area contributed by atoms with E-state index >= 15 is 0 Å². The topological polar surface area (TPSA) is 26.0 Å². The fraction of sp³-hybridized carbons (Fsp3) is 0.167. The van der Waals surface area contributed by atoms with Crippen molar-refractivity contribution in [1.29, 1.82) is 0 Å². The molecule has 0 saturated heterocycles. The maximum atomic E-state index is 5.45. The van der Waals surface area contributed by atoms with Gasteiger partial charge in [0.05, 0.1) is 0 Å². The molecule has 1 rings (SSSR count). The highest BCUT2D eigenvalue weighted by Crippen LogP contribution is 2.03. The zero-order valence-electron chi connectivity index (χ0n) is 4.42. The molecule has 0 aromatic rings. The fourth-order valence-corrected chi connectivity index (χ4v) is 0.722. The van der Waals surface area contributed by atoms with E-state index < -0.39 is 0 Å². The molecule has 0 atom stereocenters. The number of rotatable bonds is 0. The summed E-state index contributed by atoms with van der Waals surface area (Å²) in [7, 11) is 0. The molecule has 0 fully saturated rings. The van der Waals surface area contributed by atoms with Gasteiger partial charge in [-0.05, 0) is 6.08 Å². The van der Waals surface area contributed by atoms with Crippen LogP contribution in [0.1, 0.15) is 6.42 Å². The lowest BCUT2D eigenvalue weighted by Crippen LogP contribution is -2.09. The zero-order chi connectivity index (χ0) is 5.98. The van der Waals surface area contributed by atoms with Crippen LogP contribution in [0.2, 0.25) is 0 Å². The zero-order valence-corrected chi connectivity index (χ0v) is 5.24. The highest BCUT2D eigenvalue weighted by molar-refractivity contribution is 7.80. The SMILES string of the molecule is NC1=CC=CCC1=S. The molecule has 42 valence electrons. The third-order valence-electron chi connectivity index (χ3n) is 1.04. The van der Waals surface area contributed by atoms with Crippen molar-refractivity contribution in [3.8, 4) is 0 Å². The normalized spacial score (nSPS) is 18.5. The lowest BCUT2D eigenvalue weighted by Gasteiger charge is -2.02. The molecule has 2 heteroatoms. The molecule has 0 amide bonds. The van der Waals surface area contributed by atoms with Crippen LogP contribution in [-0.4, -0.2) is 4.86 Å². The lowest BCUT2D eigenvalue weighted by molar-refractivity contribution is 1.38. The second-order valence-corrected chi connectivity index (χ2v) is 2.17. The maximum Gasteiger partial charge on any atom is 0.0458 e. The van der Waals surface area contributed by atoms with Crippen LogP contribution in [0.4, 0.5) is 0 Å². The highest BCUT2D eigenvalue weighted by Gasteiger charge is 1.98. The van der Waals surface area contributed by atoms with Crippen molar-refractivity contribution in [3.05, 3.63) is 23.9 Å². The van der Waals surface area contributed by atoms with Crippen LogP contribution < -0.4 is 5.73 Å². The summed E-state index contributed by atoms with van der Waals surface area (Å²) in [4.78, 5) is 0.854. The number of nitrogens with two attached hydrogens (primary N) is 1. The molecular formula is C6H7NS. The molecule has 0 aromatic carbocycles. The molecule has 0 spiro atoms. The quantitative estimate of drug-likeness (QED) is 0.492. The molecule has 1 aliphatic carbocycles. The summed E-state index contributed by atoms with van der Waals surface area (Å²) in [5.41, 5.74) is 6.19. The van der Waals surface area contributed by atoms with Crippen molar-refractivity contribution < 1.29 is 0 Å². The molecular weight excluding hydrogens is 118 g/mol. The summed E-state index contributed by atoms with van der Waals surface area (Å²) in [6, 6.07) is 0. The van der Waals surface area contributed by atoms with Gasteiger partial charge in [-0.15, -0.1) is 0 Å². The van der Waals surface area contributed by atoms with Gasteiger partial charge in [0, 0.05) is 17.0 Å². The van der Waals surface area contributed by atoms with E-state index in [1.807, 2.05) is 18.2 Å². The Bertz CT molecular complexity index is 167. The average Bonchev–Trinajstić information content (AvgIpc) is 1.77. The molecule has 0 bridgehead atoms. The standard InChI is InChI=1S/C6H7NS/c7-5-3-1-2-4-6(5)8/h1-3H,4,7H2. The monoisotopic (exact) mass is 125 g/mol. The number of thiocarbonyl (C=S) groups is 1. The van der Waals surface area contributed by atoms with Gasteiger partial charge in [-0.25, -0.2) is 0 Å². The maximum absolute atomic E-state index is 5.45. The Labute approximate surface area is 53.9 Å². The minimum Gasteiger partial charge on any atom is -0.398 e. The van der Waals surface area contributed by atoms with Crippen LogP contribution in [0.25, 0.3) is 0 Å². The minimum atomic E-state index is 0.738. The number of allylic oxidation sites excluding steroid dienone is 4. The Morgan fingerprint density at radius 2 is 2.38 bits per heavy atom. The summed E-state index contributed by atoms with van der Waals surface area (Å²) in [6.07, 6.45) is 6.58. The molecule has 0 aromatic heterocycles. The summed E-state index contributed by atoms with van der Waals surface area (Å²) in [6.45, 7) is 0. The van der Waals surface area contributed by atoms with Crippen molar-refractivity contribution in [3.63, 3.8) is 0 Å². The van der Waals surface area contributed by atoms with E-state index in [1.165, 1.54) is 0 Å². The second kappa shape index (κ2) is 2.09. The first kappa shape index (κ1) is 5.51. The molecule has 0 radical (unpaired) electrons. The van der Waals surface area contributed by atoms with Gasteiger partial charge >= 0.3 is 0 Å². The minimum absolute atomic E-state index is 0.738. The van der Waals surface area contributed by atoms with E-state index in [1.54, 1.807) is 0 Å². The molecule has 1 aliphatic rings. The second-order valence-electron chi connectivity index (χ2n) is 1.68. The van der Waals surface area contributed by atoms with Crippen LogP contribution in [0.3, 0.4) is 0 Å². The first-order chi connectivity index (χ1) is 3.80. The Balaban J connectivity index is 2.80. The van der Waals surface area contributed by atoms with E-state index in [0.717, 1.165) is 17.0 Å². The van der Waals surface area contributed by atoms with Gasteiger partial charge in [0.1, 0.15) is 0 Å². The summed E-state index contributed by atoms with van der Waals surface area (Å²) >= 11 is 4.88. The van der Waals surface area contributed by atoms with Crippen LogP contribution >= 0.6 is 12.2 Å². The molecule has 0 heterocycles.